The molecule has 4 heteroatoms. The molecule has 0 fully saturated rings. The normalized spacial score (nSPS) is 9.93. The van der Waals surface area contributed by atoms with Crippen molar-refractivity contribution >= 4 is 22.9 Å². The highest BCUT2D eigenvalue weighted by atomic mass is 32.1. The van der Waals surface area contributed by atoms with Gasteiger partial charge in [-0.05, 0) is 18.6 Å². The van der Waals surface area contributed by atoms with Crippen molar-refractivity contribution in [1.82, 2.24) is 4.98 Å². The van der Waals surface area contributed by atoms with E-state index in [4.69, 9.17) is 18.0 Å². The van der Waals surface area contributed by atoms with Crippen molar-refractivity contribution in [1.29, 1.82) is 0 Å². The number of thiocarbonyl (C=S) groups is 1. The summed E-state index contributed by atoms with van der Waals surface area (Å²) in [7, 11) is 0. The van der Waals surface area contributed by atoms with Gasteiger partial charge in [0, 0.05) is 6.54 Å². The summed E-state index contributed by atoms with van der Waals surface area (Å²) >= 11 is 4.82. The van der Waals surface area contributed by atoms with Crippen molar-refractivity contribution in [3.8, 4) is 0 Å². The van der Waals surface area contributed by atoms with Gasteiger partial charge in [-0.1, -0.05) is 32.0 Å². The fourth-order valence-corrected chi connectivity index (χ4v) is 1.37. The molecular formula is C11H17N3S. The lowest BCUT2D eigenvalue weighted by Gasteiger charge is -2.05. The van der Waals surface area contributed by atoms with E-state index in [0.717, 1.165) is 12.2 Å². The molecule has 82 valence electrons. The molecule has 0 atom stereocenters. The summed E-state index contributed by atoms with van der Waals surface area (Å²) in [5, 5.41) is 3.30. The number of hydrogen-bond donors (Lipinski definition) is 2. The highest BCUT2D eigenvalue weighted by Crippen LogP contribution is 2.06. The Morgan fingerprint density at radius 1 is 1.47 bits per heavy atom. The molecule has 15 heavy (non-hydrogen) atoms. The number of pyridine rings is 1. The molecule has 0 aliphatic carbocycles. The first-order valence-electron chi connectivity index (χ1n) is 5.23. The van der Waals surface area contributed by atoms with Crippen molar-refractivity contribution in [2.24, 2.45) is 5.73 Å². The van der Waals surface area contributed by atoms with Crippen molar-refractivity contribution in [3.05, 3.63) is 24.0 Å². The van der Waals surface area contributed by atoms with Crippen LogP contribution in [0.2, 0.25) is 0 Å². The minimum atomic E-state index is 0.340. The van der Waals surface area contributed by atoms with Crippen LogP contribution in [0, 0.1) is 0 Å². The van der Waals surface area contributed by atoms with Gasteiger partial charge in [0.1, 0.15) is 4.99 Å². The van der Waals surface area contributed by atoms with Gasteiger partial charge in [-0.15, -0.1) is 0 Å². The SMILES string of the molecule is CCCCCNc1ccc(C(N)=S)nc1. The maximum Gasteiger partial charge on any atom is 0.122 e. The zero-order valence-corrected chi connectivity index (χ0v) is 9.81. The molecule has 3 nitrogen and oxygen atoms in total. The molecule has 0 amide bonds. The van der Waals surface area contributed by atoms with Crippen molar-refractivity contribution in [2.45, 2.75) is 26.2 Å². The third kappa shape index (κ3) is 4.25. The van der Waals surface area contributed by atoms with E-state index in [1.54, 1.807) is 6.20 Å². The fourth-order valence-electron chi connectivity index (χ4n) is 1.25. The molecule has 0 radical (unpaired) electrons. The lowest BCUT2D eigenvalue weighted by atomic mass is 10.2. The number of unbranched alkanes of at least 4 members (excludes halogenated alkanes) is 2. The zero-order chi connectivity index (χ0) is 11.1. The van der Waals surface area contributed by atoms with Gasteiger partial charge in [-0.25, -0.2) is 0 Å². The Bertz CT molecular complexity index is 308. The van der Waals surface area contributed by atoms with Gasteiger partial charge in [-0.2, -0.15) is 0 Å². The third-order valence-corrected chi connectivity index (χ3v) is 2.33. The molecule has 1 rings (SSSR count). The second-order valence-corrected chi connectivity index (χ2v) is 3.87. The second kappa shape index (κ2) is 6.35. The predicted molar refractivity (Wildman–Crippen MR) is 68.1 cm³/mol. The van der Waals surface area contributed by atoms with Crippen LogP contribution in [0.15, 0.2) is 18.3 Å². The van der Waals surface area contributed by atoms with Gasteiger partial charge in [0.15, 0.2) is 0 Å². The molecule has 0 spiro atoms. The Morgan fingerprint density at radius 3 is 2.80 bits per heavy atom. The van der Waals surface area contributed by atoms with E-state index >= 15 is 0 Å². The molecule has 0 bridgehead atoms. The number of nitrogens with two attached hydrogens (primary N) is 1. The van der Waals surface area contributed by atoms with Crippen LogP contribution in [-0.2, 0) is 0 Å². The Morgan fingerprint density at radius 2 is 2.27 bits per heavy atom. The molecule has 0 saturated carbocycles. The largest absolute Gasteiger partial charge is 0.388 e. The Labute approximate surface area is 96.1 Å². The van der Waals surface area contributed by atoms with E-state index < -0.39 is 0 Å². The number of anilines is 1. The maximum atomic E-state index is 5.45. The first-order valence-corrected chi connectivity index (χ1v) is 5.64. The average Bonchev–Trinajstić information content (AvgIpc) is 2.25. The van der Waals surface area contributed by atoms with Crippen LogP contribution in [0.25, 0.3) is 0 Å². The number of rotatable bonds is 6. The summed E-state index contributed by atoms with van der Waals surface area (Å²) < 4.78 is 0. The fraction of sp³-hybridized carbons (Fsp3) is 0.455. The first kappa shape index (κ1) is 11.9. The van der Waals surface area contributed by atoms with E-state index in [1.807, 2.05) is 12.1 Å². The van der Waals surface area contributed by atoms with Crippen molar-refractivity contribution in [2.75, 3.05) is 11.9 Å². The average molecular weight is 223 g/mol. The maximum absolute atomic E-state index is 5.45. The highest BCUT2D eigenvalue weighted by molar-refractivity contribution is 7.80. The van der Waals surface area contributed by atoms with Gasteiger partial charge in [0.2, 0.25) is 0 Å². The van der Waals surface area contributed by atoms with E-state index in [-0.39, 0.29) is 0 Å². The van der Waals surface area contributed by atoms with Crippen LogP contribution in [0.5, 0.6) is 0 Å². The van der Waals surface area contributed by atoms with Crippen LogP contribution in [0.4, 0.5) is 5.69 Å². The summed E-state index contributed by atoms with van der Waals surface area (Å²) in [6.45, 7) is 3.18. The summed E-state index contributed by atoms with van der Waals surface area (Å²) in [5.41, 5.74) is 7.14. The standard InChI is InChI=1S/C11H17N3S/c1-2-3-4-7-13-9-5-6-10(11(12)15)14-8-9/h5-6,8,13H,2-4,7H2,1H3,(H2,12,15). The molecule has 0 aromatic carbocycles. The van der Waals surface area contributed by atoms with Crippen LogP contribution in [0.3, 0.4) is 0 Å². The molecule has 0 saturated heterocycles. The Kier molecular flexibility index (Phi) is 5.04. The Hall–Kier alpha value is -1.16. The van der Waals surface area contributed by atoms with Crippen LogP contribution >= 0.6 is 12.2 Å². The van der Waals surface area contributed by atoms with Crippen molar-refractivity contribution in [3.63, 3.8) is 0 Å². The van der Waals surface area contributed by atoms with E-state index in [2.05, 4.69) is 17.2 Å². The molecule has 1 aromatic heterocycles. The molecule has 0 unspecified atom stereocenters. The Balaban J connectivity index is 2.39. The van der Waals surface area contributed by atoms with Gasteiger partial charge in [-0.3, -0.25) is 4.98 Å². The van der Waals surface area contributed by atoms with E-state index in [1.165, 1.54) is 19.3 Å². The van der Waals surface area contributed by atoms with E-state index in [9.17, 15) is 0 Å². The van der Waals surface area contributed by atoms with Crippen LogP contribution < -0.4 is 11.1 Å². The summed E-state index contributed by atoms with van der Waals surface area (Å²) in [5.74, 6) is 0. The minimum Gasteiger partial charge on any atom is -0.388 e. The quantitative estimate of drug-likeness (QED) is 0.574. The zero-order valence-electron chi connectivity index (χ0n) is 8.99. The molecule has 3 N–H and O–H groups in total. The molecule has 0 aliphatic rings. The highest BCUT2D eigenvalue weighted by Gasteiger charge is 1.97. The molecule has 1 heterocycles. The lowest BCUT2D eigenvalue weighted by molar-refractivity contribution is 0.743. The number of hydrogen-bond acceptors (Lipinski definition) is 3. The smallest absolute Gasteiger partial charge is 0.122 e. The topological polar surface area (TPSA) is 50.9 Å². The second-order valence-electron chi connectivity index (χ2n) is 3.43. The van der Waals surface area contributed by atoms with Gasteiger partial charge < -0.3 is 11.1 Å². The van der Waals surface area contributed by atoms with Crippen LogP contribution in [-0.4, -0.2) is 16.5 Å². The predicted octanol–water partition coefficient (Wildman–Crippen LogP) is 2.32. The number of nitrogens with zero attached hydrogens (tertiary/aromatic N) is 1. The number of nitrogens with one attached hydrogen (secondary N) is 1. The molecule has 1 aromatic rings. The number of aromatic nitrogens is 1. The summed E-state index contributed by atoms with van der Waals surface area (Å²) in [6.07, 6.45) is 5.44. The van der Waals surface area contributed by atoms with E-state index in [0.29, 0.717) is 10.7 Å². The monoisotopic (exact) mass is 223 g/mol. The minimum absolute atomic E-state index is 0.340. The summed E-state index contributed by atoms with van der Waals surface area (Å²) in [4.78, 5) is 4.49. The first-order chi connectivity index (χ1) is 7.24. The van der Waals surface area contributed by atoms with Gasteiger partial charge in [0.25, 0.3) is 0 Å². The summed E-state index contributed by atoms with van der Waals surface area (Å²) in [6, 6.07) is 3.79. The van der Waals surface area contributed by atoms with Gasteiger partial charge in [0.05, 0.1) is 17.6 Å². The third-order valence-electron chi connectivity index (χ3n) is 2.13. The van der Waals surface area contributed by atoms with Crippen molar-refractivity contribution < 1.29 is 0 Å². The molecule has 0 aliphatic heterocycles. The lowest BCUT2D eigenvalue weighted by Crippen LogP contribution is -2.11. The molecular weight excluding hydrogens is 206 g/mol. The van der Waals surface area contributed by atoms with Gasteiger partial charge >= 0.3 is 0 Å². The van der Waals surface area contributed by atoms with Crippen LogP contribution in [0.1, 0.15) is 31.9 Å².